The molecule has 0 aliphatic carbocycles. The van der Waals surface area contributed by atoms with Crippen LogP contribution in [-0.2, 0) is 10.3 Å². The van der Waals surface area contributed by atoms with Crippen LogP contribution in [0.15, 0.2) is 30.3 Å². The second-order valence-electron chi connectivity index (χ2n) is 3.92. The molecule has 0 saturated carbocycles. The molecule has 2 heteroatoms. The Kier molecular flexibility index (Phi) is 4.30. The summed E-state index contributed by atoms with van der Waals surface area (Å²) in [5.74, 6) is 0. The van der Waals surface area contributed by atoms with E-state index in [1.807, 2.05) is 37.3 Å². The smallest absolute Gasteiger partial charge is 0.115 e. The molecule has 1 aromatic rings. The van der Waals surface area contributed by atoms with Gasteiger partial charge in [-0.3, -0.25) is 0 Å². The number of ether oxygens (including phenoxy) is 1. The molecule has 15 heavy (non-hydrogen) atoms. The summed E-state index contributed by atoms with van der Waals surface area (Å²) in [5, 5.41) is 10.6. The Morgan fingerprint density at radius 1 is 1.33 bits per heavy atom. The van der Waals surface area contributed by atoms with Gasteiger partial charge in [-0.15, -0.1) is 0 Å². The van der Waals surface area contributed by atoms with E-state index in [1.165, 1.54) is 0 Å². The van der Waals surface area contributed by atoms with Crippen LogP contribution in [0.2, 0.25) is 0 Å². The first-order valence-corrected chi connectivity index (χ1v) is 5.45. The highest BCUT2D eigenvalue weighted by atomic mass is 16.5. The lowest BCUT2D eigenvalue weighted by Gasteiger charge is -2.33. The van der Waals surface area contributed by atoms with Crippen molar-refractivity contribution in [1.29, 1.82) is 0 Å². The number of methoxy groups -OCH3 is 1. The van der Waals surface area contributed by atoms with E-state index in [4.69, 9.17) is 4.74 Å². The van der Waals surface area contributed by atoms with Crippen molar-refractivity contribution < 1.29 is 9.84 Å². The van der Waals surface area contributed by atoms with E-state index in [1.54, 1.807) is 7.11 Å². The molecule has 0 spiro atoms. The molecule has 0 radical (unpaired) electrons. The minimum Gasteiger partial charge on any atom is -0.382 e. The molecule has 0 aliphatic rings. The molecule has 0 saturated heterocycles. The molecule has 0 aliphatic heterocycles. The quantitative estimate of drug-likeness (QED) is 0.806. The van der Waals surface area contributed by atoms with Crippen molar-refractivity contribution in [1.82, 2.24) is 0 Å². The maximum atomic E-state index is 10.6. The fourth-order valence-corrected chi connectivity index (χ4v) is 1.89. The van der Waals surface area contributed by atoms with Crippen LogP contribution in [0, 0.1) is 0 Å². The topological polar surface area (TPSA) is 29.5 Å². The average Bonchev–Trinajstić information content (AvgIpc) is 2.29. The van der Waals surface area contributed by atoms with Gasteiger partial charge in [0.15, 0.2) is 0 Å². The van der Waals surface area contributed by atoms with Crippen LogP contribution in [0.5, 0.6) is 0 Å². The van der Waals surface area contributed by atoms with Crippen LogP contribution in [0.1, 0.15) is 32.3 Å². The maximum Gasteiger partial charge on any atom is 0.115 e. The van der Waals surface area contributed by atoms with Crippen molar-refractivity contribution >= 4 is 0 Å². The van der Waals surface area contributed by atoms with Crippen molar-refractivity contribution in [2.75, 3.05) is 7.11 Å². The Balaban J connectivity index is 3.01. The fourth-order valence-electron chi connectivity index (χ4n) is 1.89. The Labute approximate surface area is 91.9 Å². The van der Waals surface area contributed by atoms with Gasteiger partial charge in [0.1, 0.15) is 5.60 Å². The van der Waals surface area contributed by atoms with E-state index in [2.05, 4.69) is 6.92 Å². The molecule has 84 valence electrons. The van der Waals surface area contributed by atoms with Gasteiger partial charge >= 0.3 is 0 Å². The lowest BCUT2D eigenvalue weighted by Crippen LogP contribution is -2.38. The first-order chi connectivity index (χ1) is 7.15. The van der Waals surface area contributed by atoms with Crippen molar-refractivity contribution in [3.8, 4) is 0 Å². The molecule has 0 aromatic heterocycles. The predicted molar refractivity (Wildman–Crippen MR) is 61.7 cm³/mol. The molecule has 0 bridgehead atoms. The van der Waals surface area contributed by atoms with Gasteiger partial charge in [0.25, 0.3) is 0 Å². The Morgan fingerprint density at radius 3 is 2.40 bits per heavy atom. The molecule has 1 N–H and O–H groups in total. The summed E-state index contributed by atoms with van der Waals surface area (Å²) >= 11 is 0. The lowest BCUT2D eigenvalue weighted by molar-refractivity contribution is -0.0955. The fraction of sp³-hybridized carbons (Fsp3) is 0.538. The summed E-state index contributed by atoms with van der Waals surface area (Å²) in [6.07, 6.45) is 1.45. The summed E-state index contributed by atoms with van der Waals surface area (Å²) < 4.78 is 5.27. The van der Waals surface area contributed by atoms with Gasteiger partial charge in [0.2, 0.25) is 0 Å². The van der Waals surface area contributed by atoms with Gasteiger partial charge in [-0.1, -0.05) is 43.7 Å². The predicted octanol–water partition coefficient (Wildman–Crippen LogP) is 2.71. The highest BCUT2D eigenvalue weighted by molar-refractivity contribution is 5.23. The van der Waals surface area contributed by atoms with E-state index in [0.29, 0.717) is 6.42 Å². The molecule has 2 nitrogen and oxygen atoms in total. The summed E-state index contributed by atoms with van der Waals surface area (Å²) in [5.41, 5.74) is 0.0614. The molecule has 0 unspecified atom stereocenters. The Bertz CT molecular complexity index is 284. The maximum absolute atomic E-state index is 10.6. The zero-order chi connectivity index (χ0) is 11.3. The first kappa shape index (κ1) is 12.2. The van der Waals surface area contributed by atoms with Crippen LogP contribution >= 0.6 is 0 Å². The molecule has 2 atom stereocenters. The third-order valence-electron chi connectivity index (χ3n) is 2.93. The summed E-state index contributed by atoms with van der Waals surface area (Å²) in [6, 6.07) is 9.74. The largest absolute Gasteiger partial charge is 0.382 e. The zero-order valence-corrected chi connectivity index (χ0v) is 9.73. The minimum absolute atomic E-state index is 0.195. The molecule has 0 fully saturated rings. The molecule has 1 rings (SSSR count). The van der Waals surface area contributed by atoms with Crippen molar-refractivity contribution in [2.24, 2.45) is 0 Å². The molecule has 0 amide bonds. The van der Waals surface area contributed by atoms with Crippen molar-refractivity contribution in [2.45, 2.75) is 38.4 Å². The van der Waals surface area contributed by atoms with Crippen molar-refractivity contribution in [3.63, 3.8) is 0 Å². The zero-order valence-electron chi connectivity index (χ0n) is 9.73. The second-order valence-corrected chi connectivity index (χ2v) is 3.92. The number of aliphatic hydroxyl groups is 1. The molecular formula is C13H20O2. The third kappa shape index (κ3) is 2.58. The number of hydrogen-bond donors (Lipinski definition) is 1. The van der Waals surface area contributed by atoms with Gasteiger partial charge < -0.3 is 9.84 Å². The number of rotatable bonds is 5. The highest BCUT2D eigenvalue weighted by Crippen LogP contribution is 2.31. The Morgan fingerprint density at radius 2 is 1.93 bits per heavy atom. The molecule has 1 aromatic carbocycles. The van der Waals surface area contributed by atoms with Gasteiger partial charge in [-0.2, -0.15) is 0 Å². The summed E-state index contributed by atoms with van der Waals surface area (Å²) in [6.45, 7) is 3.97. The van der Waals surface area contributed by atoms with Gasteiger partial charge in [0, 0.05) is 7.11 Å². The van der Waals surface area contributed by atoms with Crippen LogP contribution in [-0.4, -0.2) is 18.3 Å². The Hall–Kier alpha value is -0.860. The summed E-state index contributed by atoms with van der Waals surface area (Å²) in [4.78, 5) is 0. The van der Waals surface area contributed by atoms with Crippen molar-refractivity contribution in [3.05, 3.63) is 35.9 Å². The first-order valence-electron chi connectivity index (χ1n) is 5.45. The second kappa shape index (κ2) is 5.29. The normalized spacial score (nSPS) is 17.1. The van der Waals surface area contributed by atoms with Gasteiger partial charge in [-0.05, 0) is 18.9 Å². The van der Waals surface area contributed by atoms with E-state index in [-0.39, 0.29) is 6.10 Å². The standard InChI is InChI=1S/C13H20O2/c1-4-10-13(14,11(2)15-3)12-8-6-5-7-9-12/h5-9,11,14H,4,10H2,1-3H3/t11-,13-/m0/s1. The van der Waals surface area contributed by atoms with Gasteiger partial charge in [0.05, 0.1) is 6.10 Å². The van der Waals surface area contributed by atoms with Crippen LogP contribution in [0.25, 0.3) is 0 Å². The average molecular weight is 208 g/mol. The lowest BCUT2D eigenvalue weighted by atomic mass is 9.85. The SMILES string of the molecule is CCC[C@@](O)(c1ccccc1)[C@H](C)OC. The van der Waals surface area contributed by atoms with E-state index in [0.717, 1.165) is 12.0 Å². The molecular weight excluding hydrogens is 188 g/mol. The van der Waals surface area contributed by atoms with E-state index >= 15 is 0 Å². The monoisotopic (exact) mass is 208 g/mol. The van der Waals surface area contributed by atoms with Gasteiger partial charge in [-0.25, -0.2) is 0 Å². The third-order valence-corrected chi connectivity index (χ3v) is 2.93. The number of benzene rings is 1. The number of hydrogen-bond acceptors (Lipinski definition) is 2. The van der Waals surface area contributed by atoms with E-state index < -0.39 is 5.60 Å². The minimum atomic E-state index is -0.870. The summed E-state index contributed by atoms with van der Waals surface area (Å²) in [7, 11) is 1.63. The van der Waals surface area contributed by atoms with Crippen LogP contribution in [0.4, 0.5) is 0 Å². The highest BCUT2D eigenvalue weighted by Gasteiger charge is 2.34. The van der Waals surface area contributed by atoms with Crippen LogP contribution < -0.4 is 0 Å². The van der Waals surface area contributed by atoms with Crippen LogP contribution in [0.3, 0.4) is 0 Å². The molecule has 0 heterocycles. The van der Waals surface area contributed by atoms with E-state index in [9.17, 15) is 5.11 Å².